The van der Waals surface area contributed by atoms with Gasteiger partial charge in [0.25, 0.3) is 5.91 Å². The zero-order valence-corrected chi connectivity index (χ0v) is 26.3. The first kappa shape index (κ1) is 34.2. The maximum atomic E-state index is 13.7. The molecule has 43 heavy (non-hydrogen) atoms. The predicted octanol–water partition coefficient (Wildman–Crippen LogP) is 3.74. The number of amides is 2. The lowest BCUT2D eigenvalue weighted by atomic mass is 9.85. The fraction of sp³-hybridized carbons (Fsp3) is 0.559. The number of hydrogen-bond acceptors (Lipinski definition) is 7. The molecule has 0 aromatic heterocycles. The van der Waals surface area contributed by atoms with E-state index in [1.54, 1.807) is 18.2 Å². The number of ether oxygens (including phenoxy) is 1. The highest BCUT2D eigenvalue weighted by atomic mass is 16.5. The minimum atomic E-state index is -0.763. The Labute approximate surface area is 257 Å². The Kier molecular flexibility index (Phi) is 13.6. The Balaban J connectivity index is 1.60. The van der Waals surface area contributed by atoms with Gasteiger partial charge in [-0.15, -0.1) is 0 Å². The van der Waals surface area contributed by atoms with Crippen molar-refractivity contribution in [3.8, 4) is 5.75 Å². The van der Waals surface area contributed by atoms with Crippen LogP contribution in [0.5, 0.6) is 5.75 Å². The first-order valence-electron chi connectivity index (χ1n) is 15.7. The van der Waals surface area contributed by atoms with Crippen LogP contribution in [-0.4, -0.2) is 84.4 Å². The molecule has 1 aliphatic carbocycles. The lowest BCUT2D eigenvalue weighted by Gasteiger charge is -2.46. The number of aldehydes is 1. The fourth-order valence-electron chi connectivity index (χ4n) is 5.60. The van der Waals surface area contributed by atoms with Crippen LogP contribution < -0.4 is 15.4 Å². The maximum Gasteiger partial charge on any atom is 0.251 e. The molecule has 2 aliphatic rings. The van der Waals surface area contributed by atoms with Gasteiger partial charge >= 0.3 is 0 Å². The molecule has 1 aromatic carbocycles. The van der Waals surface area contributed by atoms with Crippen LogP contribution in [0.3, 0.4) is 0 Å². The van der Waals surface area contributed by atoms with E-state index < -0.39 is 5.54 Å². The van der Waals surface area contributed by atoms with Gasteiger partial charge in [-0.3, -0.25) is 14.5 Å². The van der Waals surface area contributed by atoms with Gasteiger partial charge in [-0.1, -0.05) is 51.5 Å². The molecule has 0 bridgehead atoms. The van der Waals surface area contributed by atoms with E-state index in [1.165, 1.54) is 0 Å². The van der Waals surface area contributed by atoms with Crippen LogP contribution in [0.15, 0.2) is 59.9 Å². The summed E-state index contributed by atoms with van der Waals surface area (Å²) in [4.78, 5) is 42.7. The van der Waals surface area contributed by atoms with Crippen molar-refractivity contribution >= 4 is 18.1 Å². The van der Waals surface area contributed by atoms with Crippen LogP contribution in [0.4, 0.5) is 0 Å². The molecule has 0 unspecified atom stereocenters. The summed E-state index contributed by atoms with van der Waals surface area (Å²) in [7, 11) is 1.83. The molecule has 1 atom stereocenters. The average Bonchev–Trinajstić information content (AvgIpc) is 3.26. The van der Waals surface area contributed by atoms with Crippen LogP contribution in [0.25, 0.3) is 0 Å². The summed E-state index contributed by atoms with van der Waals surface area (Å²) < 4.78 is 6.06. The van der Waals surface area contributed by atoms with Gasteiger partial charge in [0.2, 0.25) is 5.91 Å². The normalized spacial score (nSPS) is 17.4. The maximum absolute atomic E-state index is 13.7. The molecule has 1 saturated heterocycles. The number of carbonyl (C=O) groups excluding carboxylic acids is 3. The number of allylic oxidation sites excluding steroid dienone is 3. The van der Waals surface area contributed by atoms with Crippen molar-refractivity contribution in [1.82, 2.24) is 20.4 Å². The van der Waals surface area contributed by atoms with E-state index in [2.05, 4.69) is 36.3 Å². The Hall–Kier alpha value is -3.27. The van der Waals surface area contributed by atoms with E-state index in [0.29, 0.717) is 43.0 Å². The topological polar surface area (TPSA) is 111 Å². The van der Waals surface area contributed by atoms with E-state index >= 15 is 0 Å². The third kappa shape index (κ3) is 9.88. The second kappa shape index (κ2) is 17.1. The first-order chi connectivity index (χ1) is 20.7. The molecule has 3 N–H and O–H groups in total. The van der Waals surface area contributed by atoms with Crippen molar-refractivity contribution in [2.24, 2.45) is 5.92 Å². The quantitative estimate of drug-likeness (QED) is 0.250. The number of aliphatic hydroxyl groups excluding tert-OH is 1. The Morgan fingerprint density at radius 2 is 1.88 bits per heavy atom. The van der Waals surface area contributed by atoms with Gasteiger partial charge in [-0.2, -0.15) is 0 Å². The van der Waals surface area contributed by atoms with Crippen molar-refractivity contribution in [1.29, 1.82) is 0 Å². The average molecular weight is 595 g/mol. The largest absolute Gasteiger partial charge is 0.461 e. The van der Waals surface area contributed by atoms with Gasteiger partial charge in [-0.05, 0) is 68.5 Å². The number of benzene rings is 1. The summed E-state index contributed by atoms with van der Waals surface area (Å²) in [6, 6.07) is 7.70. The number of aliphatic hydroxyl groups is 1. The number of likely N-dealkylation sites (tertiary alicyclic amines) is 1. The van der Waals surface area contributed by atoms with Crippen molar-refractivity contribution in [3.63, 3.8) is 0 Å². The summed E-state index contributed by atoms with van der Waals surface area (Å²) in [6.45, 7) is 9.28. The molecular weight excluding hydrogens is 544 g/mol. The Morgan fingerprint density at radius 1 is 1.16 bits per heavy atom. The number of rotatable bonds is 16. The number of nitrogens with one attached hydrogen (secondary N) is 2. The Morgan fingerprint density at radius 3 is 2.49 bits per heavy atom. The highest BCUT2D eigenvalue weighted by molar-refractivity contribution is 5.96. The van der Waals surface area contributed by atoms with Crippen molar-refractivity contribution in [3.05, 3.63) is 65.5 Å². The zero-order chi connectivity index (χ0) is 31.2. The number of unbranched alkanes of at least 4 members (excludes halogenated alkanes) is 1. The summed E-state index contributed by atoms with van der Waals surface area (Å²) in [6.07, 6.45) is 12.6. The van der Waals surface area contributed by atoms with Crippen LogP contribution >= 0.6 is 0 Å². The number of hydrogen-bond donors (Lipinski definition) is 3. The SMILES string of the molecule is CCCCN(C(=O)[C@H](CC(C)C)NC)C1(C=O)CCN(Cc2ccc(OC3=CC=C(C(=O)NCCO)C=CC3)cc2)CC1. The molecular formula is C34H50N4O5. The highest BCUT2D eigenvalue weighted by Gasteiger charge is 2.43. The smallest absolute Gasteiger partial charge is 0.251 e. The molecule has 0 radical (unpaired) electrons. The van der Waals surface area contributed by atoms with E-state index in [9.17, 15) is 14.4 Å². The predicted molar refractivity (Wildman–Crippen MR) is 169 cm³/mol. The molecule has 1 fully saturated rings. The van der Waals surface area contributed by atoms with Crippen LogP contribution in [0.1, 0.15) is 64.9 Å². The second-order valence-electron chi connectivity index (χ2n) is 11.9. The monoisotopic (exact) mass is 594 g/mol. The third-order valence-corrected chi connectivity index (χ3v) is 8.14. The van der Waals surface area contributed by atoms with Gasteiger partial charge < -0.3 is 30.2 Å². The number of likely N-dealkylation sites (N-methyl/N-ethyl adjacent to an activating group) is 1. The van der Waals surface area contributed by atoms with Crippen LogP contribution in [0, 0.1) is 5.92 Å². The lowest BCUT2D eigenvalue weighted by Crippen LogP contribution is -2.61. The van der Waals surface area contributed by atoms with Crippen LogP contribution in [0.2, 0.25) is 0 Å². The third-order valence-electron chi connectivity index (χ3n) is 8.14. The van der Waals surface area contributed by atoms with Crippen LogP contribution in [-0.2, 0) is 20.9 Å². The molecule has 1 aliphatic heterocycles. The zero-order valence-electron chi connectivity index (χ0n) is 26.3. The lowest BCUT2D eigenvalue weighted by molar-refractivity contribution is -0.147. The van der Waals surface area contributed by atoms with E-state index in [4.69, 9.17) is 9.84 Å². The molecule has 0 saturated carbocycles. The summed E-state index contributed by atoms with van der Waals surface area (Å²) in [5.74, 6) is 1.63. The highest BCUT2D eigenvalue weighted by Crippen LogP contribution is 2.30. The number of piperidine rings is 1. The minimum Gasteiger partial charge on any atom is -0.461 e. The van der Waals surface area contributed by atoms with Crippen molar-refractivity contribution in [2.75, 3.05) is 39.8 Å². The summed E-state index contributed by atoms with van der Waals surface area (Å²) in [5, 5.41) is 14.8. The molecule has 1 heterocycles. The molecule has 236 valence electrons. The minimum absolute atomic E-state index is 0.0386. The molecule has 3 rings (SSSR count). The van der Waals surface area contributed by atoms with E-state index in [1.807, 2.05) is 42.3 Å². The Bertz CT molecular complexity index is 1150. The number of carbonyl (C=O) groups is 3. The van der Waals surface area contributed by atoms with Crippen molar-refractivity contribution in [2.45, 2.75) is 77.4 Å². The second-order valence-corrected chi connectivity index (χ2v) is 11.9. The van der Waals surface area contributed by atoms with Gasteiger partial charge in [0.05, 0.1) is 12.6 Å². The molecule has 9 heteroatoms. The van der Waals surface area contributed by atoms with Gasteiger partial charge in [0.1, 0.15) is 23.3 Å². The first-order valence-corrected chi connectivity index (χ1v) is 15.7. The summed E-state index contributed by atoms with van der Waals surface area (Å²) >= 11 is 0. The molecule has 9 nitrogen and oxygen atoms in total. The van der Waals surface area contributed by atoms with E-state index in [-0.39, 0.29) is 31.0 Å². The fourth-order valence-corrected chi connectivity index (χ4v) is 5.60. The summed E-state index contributed by atoms with van der Waals surface area (Å²) in [5.41, 5.74) is 0.897. The number of nitrogens with zero attached hydrogens (tertiary/aromatic N) is 2. The van der Waals surface area contributed by atoms with E-state index in [0.717, 1.165) is 56.5 Å². The van der Waals surface area contributed by atoms with Gasteiger partial charge in [0, 0.05) is 44.7 Å². The van der Waals surface area contributed by atoms with Gasteiger partial charge in [-0.25, -0.2) is 0 Å². The molecule has 0 spiro atoms. The van der Waals surface area contributed by atoms with Crippen molar-refractivity contribution < 1.29 is 24.2 Å². The van der Waals surface area contributed by atoms with Gasteiger partial charge in [0.15, 0.2) is 0 Å². The molecule has 2 amide bonds. The standard InChI is InChI=1S/C34H50N4O5/c1-5-6-19-38(33(42)31(35-4)23-26(2)3)34(25-40)16-20-37(21-17-34)24-27-10-13-30(14-11-27)43-29-9-7-8-28(12-15-29)32(41)36-18-22-39/h7-8,10-15,25-26,31,35,39H,5-6,9,16-24H2,1-4H3,(H,36,41)/t31-/m0/s1. The molecule has 1 aromatic rings.